The third-order valence-corrected chi connectivity index (χ3v) is 5.86. The lowest BCUT2D eigenvalue weighted by Gasteiger charge is -2.30. The number of carbonyl (C=O) groups is 2. The summed E-state index contributed by atoms with van der Waals surface area (Å²) in [5.41, 5.74) is 3.34. The predicted octanol–water partition coefficient (Wildman–Crippen LogP) is 2.90. The number of benzene rings is 3. The Labute approximate surface area is 172 Å². The molecule has 0 spiro atoms. The molecular weight excluding hydrogens is 380 g/mol. The van der Waals surface area contributed by atoms with E-state index < -0.39 is 0 Å². The number of fused-ring (bicyclic) bond motifs is 1. The first-order valence-electron chi connectivity index (χ1n) is 9.58. The van der Waals surface area contributed by atoms with Gasteiger partial charge in [0.25, 0.3) is 11.8 Å². The van der Waals surface area contributed by atoms with Crippen LogP contribution in [-0.2, 0) is 14.1 Å². The summed E-state index contributed by atoms with van der Waals surface area (Å²) < 4.78 is 3.08. The molecule has 4 aromatic rings. The van der Waals surface area contributed by atoms with E-state index in [4.69, 9.17) is 0 Å². The van der Waals surface area contributed by atoms with E-state index in [2.05, 4.69) is 0 Å². The van der Waals surface area contributed by atoms with Crippen LogP contribution in [0.15, 0.2) is 53.3 Å². The average molecular weight is 400 g/mol. The molecule has 1 aromatic heterocycles. The summed E-state index contributed by atoms with van der Waals surface area (Å²) in [6, 6.07) is 14.5. The van der Waals surface area contributed by atoms with Gasteiger partial charge in [0.15, 0.2) is 0 Å². The van der Waals surface area contributed by atoms with Crippen molar-refractivity contribution >= 4 is 45.0 Å². The Hall–Kier alpha value is -3.87. The highest BCUT2D eigenvalue weighted by atomic mass is 16.2. The van der Waals surface area contributed by atoms with Gasteiger partial charge in [-0.25, -0.2) is 9.69 Å². The lowest BCUT2D eigenvalue weighted by molar-refractivity contribution is 0.0893. The van der Waals surface area contributed by atoms with Crippen molar-refractivity contribution in [3.8, 4) is 0 Å². The van der Waals surface area contributed by atoms with Gasteiger partial charge >= 0.3 is 5.69 Å². The number of aromatic nitrogens is 2. The summed E-state index contributed by atoms with van der Waals surface area (Å²) >= 11 is 0. The van der Waals surface area contributed by atoms with E-state index in [9.17, 15) is 14.4 Å². The van der Waals surface area contributed by atoms with Crippen LogP contribution in [-0.4, -0.2) is 35.0 Å². The van der Waals surface area contributed by atoms with Crippen molar-refractivity contribution in [2.24, 2.45) is 14.1 Å². The first-order chi connectivity index (χ1) is 14.3. The third kappa shape index (κ3) is 2.23. The maximum absolute atomic E-state index is 13.5. The second kappa shape index (κ2) is 6.06. The molecule has 1 aliphatic rings. The molecule has 2 heterocycles. The normalized spacial score (nSPS) is 13.5. The smallest absolute Gasteiger partial charge is 0.328 e. The van der Waals surface area contributed by atoms with Gasteiger partial charge in [-0.1, -0.05) is 24.3 Å². The lowest BCUT2D eigenvalue weighted by Crippen LogP contribution is -2.41. The molecule has 0 saturated carbocycles. The molecule has 0 radical (unpaired) electrons. The number of nitrogens with zero attached hydrogens (tertiary/aromatic N) is 4. The van der Waals surface area contributed by atoms with E-state index in [0.717, 1.165) is 10.9 Å². The molecule has 0 aliphatic carbocycles. The number of imidazole rings is 1. The highest BCUT2D eigenvalue weighted by Gasteiger charge is 2.35. The summed E-state index contributed by atoms with van der Waals surface area (Å²) in [6.07, 6.45) is 0. The summed E-state index contributed by atoms with van der Waals surface area (Å²) in [5, 5.41) is 1.55. The van der Waals surface area contributed by atoms with Gasteiger partial charge in [0, 0.05) is 44.7 Å². The summed E-state index contributed by atoms with van der Waals surface area (Å²) in [5.74, 6) is -0.736. The Kier molecular flexibility index (Phi) is 3.67. The van der Waals surface area contributed by atoms with Gasteiger partial charge in [0.05, 0.1) is 22.4 Å². The summed E-state index contributed by atoms with van der Waals surface area (Å²) in [6.45, 7) is 0. The molecule has 0 fully saturated rings. The van der Waals surface area contributed by atoms with Crippen molar-refractivity contribution in [3.05, 3.63) is 70.1 Å². The lowest BCUT2D eigenvalue weighted by atomic mass is 9.93. The SMILES string of the molecule is CN(C)c1cc2c(cc1N1C(=O)c3cccc4cccc(c34)C1=O)n(C)c(=O)n2C. The van der Waals surface area contributed by atoms with Crippen LogP contribution < -0.4 is 15.5 Å². The quantitative estimate of drug-likeness (QED) is 0.485. The number of anilines is 2. The predicted molar refractivity (Wildman–Crippen MR) is 118 cm³/mol. The zero-order valence-corrected chi connectivity index (χ0v) is 17.1. The average Bonchev–Trinajstić information content (AvgIpc) is 2.95. The number of rotatable bonds is 2. The van der Waals surface area contributed by atoms with Crippen molar-refractivity contribution in [1.29, 1.82) is 0 Å². The van der Waals surface area contributed by atoms with Crippen molar-refractivity contribution in [2.75, 3.05) is 23.9 Å². The maximum Gasteiger partial charge on any atom is 0.328 e. The maximum atomic E-state index is 13.5. The van der Waals surface area contributed by atoms with Gasteiger partial charge in [0.1, 0.15) is 0 Å². The fourth-order valence-corrected chi connectivity index (χ4v) is 4.31. The Balaban J connectivity index is 1.83. The van der Waals surface area contributed by atoms with E-state index >= 15 is 0 Å². The molecule has 30 heavy (non-hydrogen) atoms. The van der Waals surface area contributed by atoms with E-state index in [-0.39, 0.29) is 17.5 Å². The molecule has 7 heteroatoms. The van der Waals surface area contributed by atoms with Gasteiger partial charge in [-0.3, -0.25) is 18.7 Å². The molecule has 0 atom stereocenters. The van der Waals surface area contributed by atoms with Gasteiger partial charge in [-0.2, -0.15) is 0 Å². The monoisotopic (exact) mass is 400 g/mol. The molecule has 0 unspecified atom stereocenters. The fraction of sp³-hybridized carbons (Fsp3) is 0.174. The molecule has 3 aromatic carbocycles. The minimum absolute atomic E-state index is 0.168. The van der Waals surface area contributed by atoms with Gasteiger partial charge in [0.2, 0.25) is 0 Å². The molecule has 150 valence electrons. The fourth-order valence-electron chi connectivity index (χ4n) is 4.31. The summed E-state index contributed by atoms with van der Waals surface area (Å²) in [7, 11) is 7.08. The van der Waals surface area contributed by atoms with Crippen LogP contribution in [0, 0.1) is 0 Å². The largest absolute Gasteiger partial charge is 0.376 e. The molecule has 5 rings (SSSR count). The first kappa shape index (κ1) is 18.2. The summed E-state index contributed by atoms with van der Waals surface area (Å²) in [4.78, 5) is 42.5. The Morgan fingerprint density at radius 1 is 0.767 bits per heavy atom. The van der Waals surface area contributed by atoms with Crippen LogP contribution in [0.1, 0.15) is 20.7 Å². The zero-order valence-electron chi connectivity index (χ0n) is 17.1. The van der Waals surface area contributed by atoms with E-state index in [0.29, 0.717) is 33.4 Å². The Morgan fingerprint density at radius 3 is 1.83 bits per heavy atom. The van der Waals surface area contributed by atoms with Crippen LogP contribution in [0.5, 0.6) is 0 Å². The van der Waals surface area contributed by atoms with Crippen LogP contribution in [0.2, 0.25) is 0 Å². The Bertz CT molecular complexity index is 1410. The highest BCUT2D eigenvalue weighted by Crippen LogP contribution is 2.38. The van der Waals surface area contributed by atoms with Crippen LogP contribution in [0.4, 0.5) is 11.4 Å². The molecule has 1 aliphatic heterocycles. The molecule has 7 nitrogen and oxygen atoms in total. The van der Waals surface area contributed by atoms with Crippen LogP contribution >= 0.6 is 0 Å². The van der Waals surface area contributed by atoms with E-state index in [1.54, 1.807) is 36.9 Å². The van der Waals surface area contributed by atoms with Crippen LogP contribution in [0.3, 0.4) is 0 Å². The molecular formula is C23H20N4O3. The first-order valence-corrected chi connectivity index (χ1v) is 9.58. The number of amides is 2. The topological polar surface area (TPSA) is 67.6 Å². The van der Waals surface area contributed by atoms with Gasteiger partial charge in [-0.15, -0.1) is 0 Å². The molecule has 0 saturated heterocycles. The molecule has 0 N–H and O–H groups in total. The van der Waals surface area contributed by atoms with E-state index in [1.807, 2.05) is 49.3 Å². The minimum Gasteiger partial charge on any atom is -0.376 e. The van der Waals surface area contributed by atoms with Crippen molar-refractivity contribution < 1.29 is 9.59 Å². The van der Waals surface area contributed by atoms with E-state index in [1.165, 1.54) is 9.47 Å². The van der Waals surface area contributed by atoms with Crippen molar-refractivity contribution in [1.82, 2.24) is 9.13 Å². The number of carbonyl (C=O) groups excluding carboxylic acids is 2. The van der Waals surface area contributed by atoms with Crippen LogP contribution in [0.25, 0.3) is 21.8 Å². The van der Waals surface area contributed by atoms with Crippen molar-refractivity contribution in [3.63, 3.8) is 0 Å². The van der Waals surface area contributed by atoms with Gasteiger partial charge < -0.3 is 4.90 Å². The number of imide groups is 1. The minimum atomic E-state index is -0.368. The highest BCUT2D eigenvalue weighted by molar-refractivity contribution is 6.36. The molecule has 2 amide bonds. The number of hydrogen-bond donors (Lipinski definition) is 0. The Morgan fingerprint density at radius 2 is 1.30 bits per heavy atom. The van der Waals surface area contributed by atoms with Gasteiger partial charge in [-0.05, 0) is 29.7 Å². The number of hydrogen-bond acceptors (Lipinski definition) is 4. The van der Waals surface area contributed by atoms with Crippen molar-refractivity contribution in [2.45, 2.75) is 0 Å². The number of aryl methyl sites for hydroxylation is 2. The second-order valence-corrected chi connectivity index (χ2v) is 7.78. The standard InChI is InChI=1S/C23H20N4O3/c1-24(2)16-11-17-18(26(4)23(30)25(17)3)12-19(16)27-21(28)14-9-5-7-13-8-6-10-15(20(13)14)22(27)29/h5-12H,1-4H3. The third-order valence-electron chi connectivity index (χ3n) is 5.86. The molecule has 0 bridgehead atoms. The zero-order chi connectivity index (χ0) is 21.3. The second-order valence-electron chi connectivity index (χ2n) is 7.78.